The first kappa shape index (κ1) is 32.1. The van der Waals surface area contributed by atoms with E-state index in [-0.39, 0.29) is 2.85 Å². The maximum atomic E-state index is 6.33. The molecule has 0 radical (unpaired) electrons. The maximum absolute atomic E-state index is 6.33. The number of aromatic nitrogens is 2. The molecule has 0 fully saturated rings. The number of pyridine rings is 2. The lowest BCUT2D eigenvalue weighted by Gasteiger charge is -2.13. The monoisotopic (exact) mass is 652 g/mol. The molecule has 0 spiro atoms. The molecular weight excluding hydrogens is 605 g/mol. The summed E-state index contributed by atoms with van der Waals surface area (Å²) in [6.07, 6.45) is 1.98. The van der Waals surface area contributed by atoms with Crippen LogP contribution in [0.4, 0.5) is 22.7 Å². The third-order valence-corrected chi connectivity index (χ3v) is 9.61. The standard InChI is InChI=1S/C41H44N8/c1-27-37-23-29(42)9-13-33(37)35-15-11-31(44)25-39(35)48(27)21-5-17-46-19-20-47-18-6-22-49-40-26-32(45)12-16-36(40)34-14-10-30(43)24-38(34)41(49)28-7-3-2-4-8-28/h2-4,7-16,23-26,44-47H,5-6,17-22,42-43H2,1H3/p+4. The van der Waals surface area contributed by atoms with Crippen molar-refractivity contribution in [3.63, 3.8) is 0 Å². The van der Waals surface area contributed by atoms with Gasteiger partial charge in [-0.1, -0.05) is 30.3 Å². The molecule has 0 saturated carbocycles. The Labute approximate surface area is 290 Å². The van der Waals surface area contributed by atoms with E-state index in [4.69, 9.17) is 22.9 Å². The number of benzene rings is 5. The molecule has 0 bridgehead atoms. The summed E-state index contributed by atoms with van der Waals surface area (Å²) in [5.74, 6) is 0. The summed E-state index contributed by atoms with van der Waals surface area (Å²) in [6.45, 7) is 7.56. The fraction of sp³-hybridized carbons (Fsp3) is 0.220. The number of nitrogens with two attached hydrogens (primary N) is 4. The lowest BCUT2D eigenvalue weighted by molar-refractivity contribution is -0.676. The molecule has 248 valence electrons. The number of hydrogen-bond donors (Lipinski definition) is 6. The number of nitrogen functional groups attached to an aromatic ring is 4. The van der Waals surface area contributed by atoms with Crippen LogP contribution in [0.25, 0.3) is 54.6 Å². The summed E-state index contributed by atoms with van der Waals surface area (Å²) < 4.78 is 4.80. The summed E-state index contributed by atoms with van der Waals surface area (Å²) in [4.78, 5) is 0. The molecule has 2 heterocycles. The Morgan fingerprint density at radius 1 is 0.490 bits per heavy atom. The third-order valence-electron chi connectivity index (χ3n) is 9.61. The predicted molar refractivity (Wildman–Crippen MR) is 208 cm³/mol. The second kappa shape index (κ2) is 14.0. The molecule has 0 atom stereocenters. The number of rotatable bonds is 12. The number of aryl methyl sites for hydroxylation is 3. The Kier molecular flexibility index (Phi) is 9.15. The van der Waals surface area contributed by atoms with E-state index in [1.54, 1.807) is 0 Å². The summed E-state index contributed by atoms with van der Waals surface area (Å²) >= 11 is 0. The van der Waals surface area contributed by atoms with Crippen molar-refractivity contribution in [1.29, 1.82) is 0 Å². The Balaban J connectivity index is 0.00000252. The molecule has 49 heavy (non-hydrogen) atoms. The van der Waals surface area contributed by atoms with Crippen LogP contribution in [-0.2, 0) is 13.1 Å². The van der Waals surface area contributed by atoms with Gasteiger partial charge < -0.3 is 33.6 Å². The van der Waals surface area contributed by atoms with Crippen LogP contribution < -0.4 is 42.7 Å². The highest BCUT2D eigenvalue weighted by Crippen LogP contribution is 2.33. The number of fused-ring (bicyclic) bond motifs is 6. The zero-order valence-corrected chi connectivity index (χ0v) is 28.2. The minimum absolute atomic E-state index is 0. The molecule has 7 aromatic rings. The fourth-order valence-electron chi connectivity index (χ4n) is 7.26. The highest BCUT2D eigenvalue weighted by Gasteiger charge is 2.24. The maximum Gasteiger partial charge on any atom is 1.00 e. The molecule has 7 rings (SSSR count). The van der Waals surface area contributed by atoms with Crippen molar-refractivity contribution >= 4 is 66.1 Å². The molecule has 0 saturated heterocycles. The average molecular weight is 653 g/mol. The summed E-state index contributed by atoms with van der Waals surface area (Å²) in [5, 5.41) is 14.4. The van der Waals surface area contributed by atoms with Gasteiger partial charge in [0.05, 0.1) is 21.5 Å². The molecular formula is C41H48N8+4. The van der Waals surface area contributed by atoms with Gasteiger partial charge in [-0.25, -0.2) is 0 Å². The first-order valence-electron chi connectivity index (χ1n) is 17.2. The first-order chi connectivity index (χ1) is 23.9. The minimum Gasteiger partial charge on any atom is -0.399 e. The predicted octanol–water partition coefficient (Wildman–Crippen LogP) is 6.06. The summed E-state index contributed by atoms with van der Waals surface area (Å²) in [5.41, 5.74) is 33.9. The molecule has 0 unspecified atom stereocenters. The lowest BCUT2D eigenvalue weighted by atomic mass is 9.98. The summed E-state index contributed by atoms with van der Waals surface area (Å²) in [7, 11) is 0. The molecule has 0 aliphatic carbocycles. The van der Waals surface area contributed by atoms with Crippen molar-refractivity contribution < 1.29 is 12.0 Å². The van der Waals surface area contributed by atoms with E-state index in [1.165, 1.54) is 38.3 Å². The number of hydrogen-bond acceptors (Lipinski definition) is 6. The van der Waals surface area contributed by atoms with Gasteiger partial charge >= 0.3 is 2.85 Å². The van der Waals surface area contributed by atoms with Gasteiger partial charge in [0, 0.05) is 97.2 Å². The molecule has 8 heteroatoms. The van der Waals surface area contributed by atoms with Gasteiger partial charge in [-0.15, -0.1) is 0 Å². The normalized spacial score (nSPS) is 11.7. The van der Waals surface area contributed by atoms with Gasteiger partial charge in [0.1, 0.15) is 0 Å². The van der Waals surface area contributed by atoms with E-state index in [2.05, 4.69) is 106 Å². The largest absolute Gasteiger partial charge is 1.00 e. The Morgan fingerprint density at radius 2 is 0.959 bits per heavy atom. The van der Waals surface area contributed by atoms with Gasteiger partial charge in [-0.05, 0) is 60.7 Å². The Hall–Kier alpha value is -5.44. The summed E-state index contributed by atoms with van der Waals surface area (Å²) in [6, 6.07) is 35.3. The zero-order valence-electron chi connectivity index (χ0n) is 30.2. The van der Waals surface area contributed by atoms with Crippen LogP contribution in [0.5, 0.6) is 0 Å². The Bertz CT molecular complexity index is 2310. The van der Waals surface area contributed by atoms with Crippen molar-refractivity contribution in [2.75, 3.05) is 49.1 Å². The second-order valence-electron chi connectivity index (χ2n) is 13.0. The van der Waals surface area contributed by atoms with Gasteiger partial charge in [0.2, 0.25) is 16.7 Å². The average Bonchev–Trinajstić information content (AvgIpc) is 3.10. The molecule has 0 amide bonds. The molecule has 0 aliphatic rings. The smallest absolute Gasteiger partial charge is 0.399 e. The van der Waals surface area contributed by atoms with Crippen molar-refractivity contribution in [3.05, 3.63) is 109 Å². The van der Waals surface area contributed by atoms with Crippen LogP contribution in [0.3, 0.4) is 0 Å². The van der Waals surface area contributed by atoms with Crippen LogP contribution in [0.1, 0.15) is 21.4 Å². The van der Waals surface area contributed by atoms with E-state index < -0.39 is 0 Å². The quantitative estimate of drug-likeness (QED) is 0.0411. The van der Waals surface area contributed by atoms with Crippen molar-refractivity contribution in [3.8, 4) is 11.3 Å². The van der Waals surface area contributed by atoms with Crippen LogP contribution >= 0.6 is 0 Å². The van der Waals surface area contributed by atoms with Gasteiger partial charge in [0.15, 0.2) is 18.8 Å². The van der Waals surface area contributed by atoms with E-state index in [0.29, 0.717) is 0 Å². The lowest BCUT2D eigenvalue weighted by Crippen LogP contribution is -2.40. The van der Waals surface area contributed by atoms with Gasteiger partial charge in [0.25, 0.3) is 0 Å². The SMILES string of the molecule is Cc1c2cc(N)ccc2c2ccc(N)cc2[n+]1CCCNCCNCCC[n+]1c(-c2ccccc2)c2cc(N)ccc2c2ccc(N)cc21.[H+].[H+]. The highest BCUT2D eigenvalue weighted by molar-refractivity contribution is 6.10. The van der Waals surface area contributed by atoms with Gasteiger partial charge in [-0.2, -0.15) is 9.13 Å². The van der Waals surface area contributed by atoms with E-state index in [9.17, 15) is 0 Å². The number of nitrogens with one attached hydrogen (secondary N) is 2. The molecule has 0 aliphatic heterocycles. The highest BCUT2D eigenvalue weighted by atomic mass is 15.0. The third kappa shape index (κ3) is 6.53. The first-order valence-corrected chi connectivity index (χ1v) is 17.2. The molecule has 5 aromatic carbocycles. The molecule has 2 aromatic heterocycles. The van der Waals surface area contributed by atoms with Crippen LogP contribution in [0.2, 0.25) is 0 Å². The molecule has 8 nitrogen and oxygen atoms in total. The topological polar surface area (TPSA) is 136 Å². The second-order valence-corrected chi connectivity index (χ2v) is 13.0. The number of anilines is 4. The van der Waals surface area contributed by atoms with Crippen molar-refractivity contribution in [1.82, 2.24) is 10.6 Å². The number of nitrogens with zero attached hydrogens (tertiary/aromatic N) is 2. The van der Waals surface area contributed by atoms with Crippen LogP contribution in [-0.4, -0.2) is 26.2 Å². The molecule has 10 N–H and O–H groups in total. The Morgan fingerprint density at radius 3 is 1.55 bits per heavy atom. The zero-order chi connectivity index (χ0) is 33.9. The van der Waals surface area contributed by atoms with E-state index in [1.807, 2.05) is 24.3 Å². The van der Waals surface area contributed by atoms with Crippen LogP contribution in [0.15, 0.2) is 103 Å². The van der Waals surface area contributed by atoms with E-state index in [0.717, 1.165) is 96.8 Å². The minimum atomic E-state index is 0. The fourth-order valence-corrected chi connectivity index (χ4v) is 7.26. The van der Waals surface area contributed by atoms with Crippen molar-refractivity contribution in [2.24, 2.45) is 0 Å². The van der Waals surface area contributed by atoms with Crippen molar-refractivity contribution in [2.45, 2.75) is 32.9 Å². The van der Waals surface area contributed by atoms with Gasteiger partial charge in [-0.3, -0.25) is 0 Å². The van der Waals surface area contributed by atoms with E-state index >= 15 is 0 Å². The van der Waals surface area contributed by atoms with Crippen LogP contribution in [0, 0.1) is 6.92 Å².